The van der Waals surface area contributed by atoms with Gasteiger partial charge in [-0.1, -0.05) is 42.4 Å². The number of anilines is 6. The third-order valence-electron chi connectivity index (χ3n) is 5.59. The van der Waals surface area contributed by atoms with Crippen LogP contribution in [0.25, 0.3) is 11.6 Å². The van der Waals surface area contributed by atoms with Crippen LogP contribution in [0.1, 0.15) is 11.1 Å². The van der Waals surface area contributed by atoms with Crippen molar-refractivity contribution >= 4 is 69.6 Å². The molecule has 0 atom stereocenters. The van der Waals surface area contributed by atoms with Crippen molar-refractivity contribution in [3.8, 4) is 0 Å². The molecule has 4 N–H and O–H groups in total. The average molecular weight is 527 g/mol. The van der Waals surface area contributed by atoms with E-state index in [1.807, 2.05) is 0 Å². The van der Waals surface area contributed by atoms with E-state index in [-0.39, 0.29) is 28.6 Å². The molecule has 0 radical (unpaired) electrons. The summed E-state index contributed by atoms with van der Waals surface area (Å²) in [6, 6.07) is 18.4. The van der Waals surface area contributed by atoms with Gasteiger partial charge < -0.3 is 21.3 Å². The molecule has 0 bridgehead atoms. The molecule has 8 nitrogen and oxygen atoms in total. The lowest BCUT2D eigenvalue weighted by atomic mass is 10.0. The molecule has 4 aromatic rings. The first-order valence-corrected chi connectivity index (χ1v) is 11.8. The molecule has 1 aliphatic rings. The molecule has 1 aromatic heterocycles. The fourth-order valence-corrected chi connectivity index (χ4v) is 3.97. The Morgan fingerprint density at radius 2 is 1.84 bits per heavy atom. The van der Waals surface area contributed by atoms with Crippen LogP contribution in [0.3, 0.4) is 0 Å². The number of benzene rings is 3. The van der Waals surface area contributed by atoms with E-state index in [0.717, 1.165) is 0 Å². The van der Waals surface area contributed by atoms with Crippen molar-refractivity contribution in [1.82, 2.24) is 9.97 Å². The first-order valence-electron chi connectivity index (χ1n) is 11.4. The van der Waals surface area contributed by atoms with Gasteiger partial charge in [0.2, 0.25) is 11.9 Å². The second-order valence-electron chi connectivity index (χ2n) is 8.21. The molecule has 5 rings (SSSR count). The SMILES string of the molecule is C=CC(=O)Nc1ccccc1Nc1nc(Nc2ccc3c(c2)/C(=C/c2cccc(F)c2)C(=O)N3)ncc1Cl. The predicted octanol–water partition coefficient (Wildman–Crippen LogP) is 6.37. The number of rotatable bonds is 7. The van der Waals surface area contributed by atoms with E-state index in [1.54, 1.807) is 60.7 Å². The highest BCUT2D eigenvalue weighted by Crippen LogP contribution is 2.36. The van der Waals surface area contributed by atoms with Crippen LogP contribution in [0.5, 0.6) is 0 Å². The van der Waals surface area contributed by atoms with Crippen LogP contribution in [0.15, 0.2) is 85.6 Å². The molecular formula is C28H20ClFN6O2. The van der Waals surface area contributed by atoms with Gasteiger partial charge in [0.1, 0.15) is 10.8 Å². The third-order valence-corrected chi connectivity index (χ3v) is 5.86. The maximum absolute atomic E-state index is 13.6. The van der Waals surface area contributed by atoms with Gasteiger partial charge in [0.15, 0.2) is 5.82 Å². The summed E-state index contributed by atoms with van der Waals surface area (Å²) in [4.78, 5) is 33.1. The molecular weight excluding hydrogens is 507 g/mol. The monoisotopic (exact) mass is 526 g/mol. The van der Waals surface area contributed by atoms with Crippen LogP contribution >= 0.6 is 11.6 Å². The number of carbonyl (C=O) groups excluding carboxylic acids is 2. The molecule has 0 unspecified atom stereocenters. The first kappa shape index (κ1) is 24.7. The van der Waals surface area contributed by atoms with Gasteiger partial charge in [0, 0.05) is 22.5 Å². The van der Waals surface area contributed by atoms with Crippen molar-refractivity contribution in [2.24, 2.45) is 0 Å². The van der Waals surface area contributed by atoms with Crippen molar-refractivity contribution in [2.45, 2.75) is 0 Å². The van der Waals surface area contributed by atoms with E-state index >= 15 is 0 Å². The Labute approximate surface area is 222 Å². The third kappa shape index (κ3) is 5.37. The lowest BCUT2D eigenvalue weighted by molar-refractivity contribution is -0.112. The number of fused-ring (bicyclic) bond motifs is 1. The van der Waals surface area contributed by atoms with Gasteiger partial charge in [-0.2, -0.15) is 4.98 Å². The Balaban J connectivity index is 1.41. The number of hydrogen-bond donors (Lipinski definition) is 4. The second kappa shape index (κ2) is 10.5. The summed E-state index contributed by atoms with van der Waals surface area (Å²) >= 11 is 6.34. The number of halogens is 2. The molecule has 10 heteroatoms. The summed E-state index contributed by atoms with van der Waals surface area (Å²) in [5, 5.41) is 12.0. The molecule has 2 heterocycles. The van der Waals surface area contributed by atoms with Gasteiger partial charge in [0.05, 0.1) is 17.6 Å². The summed E-state index contributed by atoms with van der Waals surface area (Å²) in [5.41, 5.74) is 3.99. The Hall–Kier alpha value is -5.02. The van der Waals surface area contributed by atoms with Crippen molar-refractivity contribution in [1.29, 1.82) is 0 Å². The molecule has 0 fully saturated rings. The minimum atomic E-state index is -0.386. The quantitative estimate of drug-likeness (QED) is 0.208. The largest absolute Gasteiger partial charge is 0.337 e. The van der Waals surface area contributed by atoms with E-state index in [1.165, 1.54) is 24.4 Å². The lowest BCUT2D eigenvalue weighted by Crippen LogP contribution is -2.09. The minimum absolute atomic E-state index is 0.248. The Morgan fingerprint density at radius 1 is 1.03 bits per heavy atom. The number of para-hydroxylation sites is 2. The highest BCUT2D eigenvalue weighted by Gasteiger charge is 2.24. The zero-order valence-electron chi connectivity index (χ0n) is 19.8. The van der Waals surface area contributed by atoms with Gasteiger partial charge in [-0.05, 0) is 60.2 Å². The van der Waals surface area contributed by atoms with Crippen LogP contribution in [0.2, 0.25) is 5.02 Å². The van der Waals surface area contributed by atoms with Crippen LogP contribution in [0, 0.1) is 5.82 Å². The summed E-state index contributed by atoms with van der Waals surface area (Å²) in [6.45, 7) is 3.47. The second-order valence-corrected chi connectivity index (χ2v) is 8.61. The summed E-state index contributed by atoms with van der Waals surface area (Å²) < 4.78 is 13.6. The summed E-state index contributed by atoms with van der Waals surface area (Å²) in [7, 11) is 0. The van der Waals surface area contributed by atoms with Crippen LogP contribution < -0.4 is 21.3 Å². The van der Waals surface area contributed by atoms with E-state index < -0.39 is 0 Å². The zero-order valence-corrected chi connectivity index (χ0v) is 20.5. The summed E-state index contributed by atoms with van der Waals surface area (Å²) in [6.07, 6.45) is 4.25. The molecule has 0 aliphatic carbocycles. The maximum atomic E-state index is 13.6. The van der Waals surface area contributed by atoms with E-state index in [0.29, 0.717) is 45.3 Å². The van der Waals surface area contributed by atoms with Gasteiger partial charge in [-0.25, -0.2) is 9.37 Å². The molecule has 38 heavy (non-hydrogen) atoms. The number of aromatic nitrogens is 2. The molecule has 0 saturated heterocycles. The number of carbonyl (C=O) groups is 2. The van der Waals surface area contributed by atoms with Gasteiger partial charge in [-0.3, -0.25) is 9.59 Å². The number of amides is 2. The molecule has 1 aliphatic heterocycles. The smallest absolute Gasteiger partial charge is 0.256 e. The normalized spacial score (nSPS) is 13.0. The summed E-state index contributed by atoms with van der Waals surface area (Å²) in [5.74, 6) is -0.460. The average Bonchev–Trinajstić information content (AvgIpc) is 3.21. The zero-order chi connectivity index (χ0) is 26.6. The van der Waals surface area contributed by atoms with Crippen LogP contribution in [-0.2, 0) is 9.59 Å². The molecule has 3 aromatic carbocycles. The highest BCUT2D eigenvalue weighted by atomic mass is 35.5. The molecule has 0 saturated carbocycles. The predicted molar refractivity (Wildman–Crippen MR) is 148 cm³/mol. The Morgan fingerprint density at radius 3 is 2.63 bits per heavy atom. The number of nitrogens with zero attached hydrogens (tertiary/aromatic N) is 2. The Bertz CT molecular complexity index is 1620. The lowest BCUT2D eigenvalue weighted by Gasteiger charge is -2.14. The molecule has 0 spiro atoms. The fraction of sp³-hybridized carbons (Fsp3) is 0. The van der Waals surface area contributed by atoms with Crippen LogP contribution in [-0.4, -0.2) is 21.8 Å². The van der Waals surface area contributed by atoms with Crippen LogP contribution in [0.4, 0.5) is 38.9 Å². The standard InChI is InChI=1S/C28H20ClFN6O2/c1-2-25(37)33-23-8-3-4-9-24(23)34-26-21(29)15-31-28(36-26)32-18-10-11-22-19(14-18)20(27(38)35-22)13-16-6-5-7-17(30)12-16/h2-15H,1H2,(H,33,37)(H,35,38)(H2,31,32,34,36)/b20-13-. The van der Waals surface area contributed by atoms with Gasteiger partial charge >= 0.3 is 0 Å². The van der Waals surface area contributed by atoms with Gasteiger partial charge in [0.25, 0.3) is 5.91 Å². The number of hydrogen-bond acceptors (Lipinski definition) is 6. The Kier molecular flexibility index (Phi) is 6.84. The highest BCUT2D eigenvalue weighted by molar-refractivity contribution is 6.35. The van der Waals surface area contributed by atoms with E-state index in [4.69, 9.17) is 11.6 Å². The van der Waals surface area contributed by atoms with E-state index in [2.05, 4.69) is 37.8 Å². The minimum Gasteiger partial charge on any atom is -0.337 e. The number of nitrogens with one attached hydrogen (secondary N) is 4. The van der Waals surface area contributed by atoms with Gasteiger partial charge in [-0.15, -0.1) is 0 Å². The first-order chi connectivity index (χ1) is 18.4. The van der Waals surface area contributed by atoms with Crippen molar-refractivity contribution in [2.75, 3.05) is 21.3 Å². The van der Waals surface area contributed by atoms with Crippen molar-refractivity contribution in [3.05, 3.63) is 108 Å². The van der Waals surface area contributed by atoms with Crippen molar-refractivity contribution in [3.63, 3.8) is 0 Å². The maximum Gasteiger partial charge on any atom is 0.256 e. The fourth-order valence-electron chi connectivity index (χ4n) is 3.83. The molecule has 188 valence electrons. The molecule has 2 amide bonds. The van der Waals surface area contributed by atoms with E-state index in [9.17, 15) is 14.0 Å². The topological polar surface area (TPSA) is 108 Å². The van der Waals surface area contributed by atoms with Crippen molar-refractivity contribution < 1.29 is 14.0 Å².